The molecule has 5 atom stereocenters. The van der Waals surface area contributed by atoms with Crippen molar-refractivity contribution in [1.82, 2.24) is 15.2 Å². The van der Waals surface area contributed by atoms with Gasteiger partial charge in [0.25, 0.3) is 5.91 Å². The molecule has 0 saturated heterocycles. The summed E-state index contributed by atoms with van der Waals surface area (Å²) in [5.74, 6) is -6.90. The van der Waals surface area contributed by atoms with E-state index in [1.54, 1.807) is 45.4 Å². The number of Topliss-reactive ketones (excluding diaryl/α,β-unsaturated/α-hetero) is 2. The minimum Gasteiger partial charge on any atom is -0.508 e. The van der Waals surface area contributed by atoms with Crippen LogP contribution in [0.25, 0.3) is 16.9 Å². The number of primary amides is 1. The van der Waals surface area contributed by atoms with E-state index >= 15 is 0 Å². The molecule has 0 aliphatic heterocycles. The van der Waals surface area contributed by atoms with Gasteiger partial charge in [-0.3, -0.25) is 19.3 Å². The third-order valence-corrected chi connectivity index (χ3v) is 8.93. The molecule has 0 radical (unpaired) electrons. The molecular weight excluding hydrogens is 575 g/mol. The second-order valence-electron chi connectivity index (χ2n) is 11.8. The summed E-state index contributed by atoms with van der Waals surface area (Å²) < 4.78 is 18.4. The monoisotopic (exact) mass is 610 g/mol. The molecule has 1 heterocycles. The predicted molar refractivity (Wildman–Crippen MR) is 156 cm³/mol. The molecule has 44 heavy (non-hydrogen) atoms. The molecule has 1 aromatic heterocycles. The fraction of sp³-hybridized carbons (Fsp3) is 0.419. The van der Waals surface area contributed by atoms with E-state index in [9.17, 15) is 39.2 Å². The van der Waals surface area contributed by atoms with Crippen LogP contribution in [0.4, 0.5) is 4.39 Å². The number of aliphatic hydroxyl groups is 3. The Balaban J connectivity index is 1.74. The maximum Gasteiger partial charge on any atom is 0.255 e. The Morgan fingerprint density at radius 2 is 1.98 bits per heavy atom. The first kappa shape index (κ1) is 31.1. The van der Waals surface area contributed by atoms with Gasteiger partial charge in [-0.25, -0.2) is 9.37 Å². The number of aromatic nitrogens is 1. The highest BCUT2D eigenvalue weighted by Gasteiger charge is 2.64. The van der Waals surface area contributed by atoms with Gasteiger partial charge in [-0.15, -0.1) is 0 Å². The number of fused-ring (bicyclic) bond motifs is 3. The Hall–Kier alpha value is -4.33. The Kier molecular flexibility index (Phi) is 7.99. The number of aromatic hydroxyl groups is 1. The molecular formula is C31H35FN4O8. The Morgan fingerprint density at radius 1 is 1.27 bits per heavy atom. The number of ether oxygens (including phenoxy) is 1. The van der Waals surface area contributed by atoms with Crippen molar-refractivity contribution in [3.63, 3.8) is 0 Å². The largest absolute Gasteiger partial charge is 0.508 e. The highest BCUT2D eigenvalue weighted by Crippen LogP contribution is 2.54. The number of amides is 1. The number of ketones is 2. The van der Waals surface area contributed by atoms with E-state index in [4.69, 9.17) is 10.5 Å². The van der Waals surface area contributed by atoms with Gasteiger partial charge in [-0.1, -0.05) is 0 Å². The van der Waals surface area contributed by atoms with E-state index in [1.807, 2.05) is 0 Å². The summed E-state index contributed by atoms with van der Waals surface area (Å²) in [5.41, 5.74) is 3.45. The number of carbonyl (C=O) groups is 3. The zero-order valence-electron chi connectivity index (χ0n) is 24.7. The quantitative estimate of drug-likeness (QED) is 0.237. The number of phenols is 1. The van der Waals surface area contributed by atoms with Crippen molar-refractivity contribution in [3.05, 3.63) is 58.0 Å². The average Bonchev–Trinajstić information content (AvgIpc) is 2.98. The van der Waals surface area contributed by atoms with Gasteiger partial charge in [0.1, 0.15) is 29.5 Å². The number of aliphatic hydroxyl groups excluding tert-OH is 2. The van der Waals surface area contributed by atoms with Gasteiger partial charge in [-0.05, 0) is 63.0 Å². The minimum absolute atomic E-state index is 0.0188. The molecule has 2 aromatic rings. The van der Waals surface area contributed by atoms with E-state index in [2.05, 4.69) is 10.3 Å². The summed E-state index contributed by atoms with van der Waals surface area (Å²) in [6.07, 6.45) is 1.63. The van der Waals surface area contributed by atoms with Crippen molar-refractivity contribution >= 4 is 23.2 Å². The van der Waals surface area contributed by atoms with E-state index in [0.29, 0.717) is 28.1 Å². The van der Waals surface area contributed by atoms with Crippen LogP contribution in [0.2, 0.25) is 0 Å². The maximum absolute atomic E-state index is 14.2. The van der Waals surface area contributed by atoms with Crippen molar-refractivity contribution in [2.75, 3.05) is 27.9 Å². The second-order valence-corrected chi connectivity index (χ2v) is 11.8. The maximum atomic E-state index is 14.2. The highest BCUT2D eigenvalue weighted by atomic mass is 19.1. The molecule has 1 aromatic carbocycles. The van der Waals surface area contributed by atoms with Gasteiger partial charge in [0.15, 0.2) is 11.4 Å². The van der Waals surface area contributed by atoms with Gasteiger partial charge in [0, 0.05) is 47.5 Å². The molecule has 7 N–H and O–H groups in total. The number of alkyl halides is 1. The van der Waals surface area contributed by atoms with E-state index in [1.165, 1.54) is 12.0 Å². The van der Waals surface area contributed by atoms with Crippen LogP contribution >= 0.6 is 0 Å². The molecule has 1 fully saturated rings. The number of benzene rings is 1. The summed E-state index contributed by atoms with van der Waals surface area (Å²) in [6, 6.07) is 3.38. The van der Waals surface area contributed by atoms with Crippen LogP contribution in [0.5, 0.6) is 11.6 Å². The van der Waals surface area contributed by atoms with E-state index in [0.717, 1.165) is 0 Å². The van der Waals surface area contributed by atoms with Gasteiger partial charge in [0.05, 0.1) is 18.7 Å². The third kappa shape index (κ3) is 4.62. The van der Waals surface area contributed by atoms with Crippen LogP contribution < -0.4 is 15.8 Å². The number of halogens is 1. The molecule has 0 spiro atoms. The minimum atomic E-state index is -2.74. The lowest BCUT2D eigenvalue weighted by atomic mass is 9.57. The third-order valence-electron chi connectivity index (χ3n) is 8.93. The summed E-state index contributed by atoms with van der Waals surface area (Å²) in [5, 5.41) is 49.0. The van der Waals surface area contributed by atoms with Crippen molar-refractivity contribution < 1.29 is 43.9 Å². The number of nitrogens with zero attached hydrogens (tertiary/aromatic N) is 2. The molecule has 1 saturated carbocycles. The van der Waals surface area contributed by atoms with Crippen LogP contribution in [0.15, 0.2) is 41.3 Å². The van der Waals surface area contributed by atoms with Crippen molar-refractivity contribution in [2.24, 2.45) is 17.6 Å². The van der Waals surface area contributed by atoms with Gasteiger partial charge >= 0.3 is 0 Å². The normalized spacial score (nSPS) is 25.5. The smallest absolute Gasteiger partial charge is 0.255 e. The fourth-order valence-corrected chi connectivity index (χ4v) is 6.76. The zero-order valence-corrected chi connectivity index (χ0v) is 24.7. The lowest BCUT2D eigenvalue weighted by Gasteiger charge is -2.50. The summed E-state index contributed by atoms with van der Waals surface area (Å²) in [7, 11) is 4.56. The number of carbonyl (C=O) groups excluding carboxylic acids is 3. The molecule has 1 amide bonds. The molecule has 0 bridgehead atoms. The lowest BCUT2D eigenvalue weighted by Crippen LogP contribution is -2.65. The second kappa shape index (κ2) is 11.3. The predicted octanol–water partition coefficient (Wildman–Crippen LogP) is 1.48. The standard InChI is InChI=1S/C31H35FN4O8/c1-13(10-32)34-12-16-8-17(14-5-6-20(44-4)35-11-14)18-7-15-9-19-24(36(2)3)27(39)23(30(33)42)29(41)31(19,43)28(40)21(15)26(38)22(18)25(16)37/h5-6,8,11,13,15,19,24,34,37-38,41,43H,7,9-10,12H2,1-4H3,(H2,33,42). The number of phenolic OH excluding ortho intramolecular Hbond substituents is 1. The van der Waals surface area contributed by atoms with Crippen molar-refractivity contribution in [1.29, 1.82) is 0 Å². The number of nitrogens with one attached hydrogen (secondary N) is 1. The number of methoxy groups -OCH3 is 1. The zero-order chi connectivity index (χ0) is 32.2. The number of pyridine rings is 1. The van der Waals surface area contributed by atoms with Crippen LogP contribution in [0.3, 0.4) is 0 Å². The first-order chi connectivity index (χ1) is 20.8. The molecule has 234 valence electrons. The van der Waals surface area contributed by atoms with Gasteiger partial charge in [0.2, 0.25) is 11.7 Å². The van der Waals surface area contributed by atoms with Gasteiger partial charge < -0.3 is 36.2 Å². The molecule has 13 heteroatoms. The van der Waals surface area contributed by atoms with Crippen molar-refractivity contribution in [2.45, 2.75) is 44.0 Å². The number of hydrogen-bond acceptors (Lipinski definition) is 11. The molecule has 12 nitrogen and oxygen atoms in total. The van der Waals surface area contributed by atoms with Crippen molar-refractivity contribution in [3.8, 4) is 22.8 Å². The van der Waals surface area contributed by atoms with E-state index in [-0.39, 0.29) is 36.3 Å². The molecule has 3 aliphatic carbocycles. The molecule has 5 unspecified atom stereocenters. The number of hydrogen-bond donors (Lipinski definition) is 6. The van der Waals surface area contributed by atoms with Crippen LogP contribution in [0.1, 0.15) is 30.0 Å². The summed E-state index contributed by atoms with van der Waals surface area (Å²) in [4.78, 5) is 45.4. The summed E-state index contributed by atoms with van der Waals surface area (Å²) in [6.45, 7) is 0.986. The first-order valence-corrected chi connectivity index (χ1v) is 14.1. The topological polar surface area (TPSA) is 196 Å². The number of likely N-dealkylation sites (N-methyl/N-ethyl adjacent to an activating group) is 1. The van der Waals surface area contributed by atoms with Crippen LogP contribution in [-0.2, 0) is 27.3 Å². The Bertz CT molecular complexity index is 1620. The average molecular weight is 611 g/mol. The lowest BCUT2D eigenvalue weighted by molar-refractivity contribution is -0.153. The molecule has 3 aliphatic rings. The fourth-order valence-electron chi connectivity index (χ4n) is 6.76. The number of rotatable bonds is 8. The Labute approximate surface area is 252 Å². The van der Waals surface area contributed by atoms with E-state index < -0.39 is 70.8 Å². The van der Waals surface area contributed by atoms with Crippen LogP contribution in [-0.4, -0.2) is 93.3 Å². The molecule has 5 rings (SSSR count). The van der Waals surface area contributed by atoms with Gasteiger partial charge in [-0.2, -0.15) is 0 Å². The SMILES string of the molecule is COc1ccc(-c2cc(CNC(C)CF)c(O)c3c2CC2CC4C(N(C)C)C(=O)C(C(N)=O)=C(O)C4(O)C(=O)C2=C3O)cn1. The van der Waals surface area contributed by atoms with Crippen LogP contribution in [0, 0.1) is 11.8 Å². The summed E-state index contributed by atoms with van der Waals surface area (Å²) >= 11 is 0. The number of nitrogens with two attached hydrogens (primary N) is 1. The highest BCUT2D eigenvalue weighted by molar-refractivity contribution is 6.24. The first-order valence-electron chi connectivity index (χ1n) is 14.1. The Morgan fingerprint density at radius 3 is 2.55 bits per heavy atom.